The van der Waals surface area contributed by atoms with E-state index >= 15 is 0 Å². The molecule has 0 aromatic heterocycles. The zero-order valence-corrected chi connectivity index (χ0v) is 12.0. The van der Waals surface area contributed by atoms with Gasteiger partial charge in [0.05, 0.1) is 5.60 Å². The Hall–Kier alpha value is -0.750. The first kappa shape index (κ1) is 14.7. The van der Waals surface area contributed by atoms with Gasteiger partial charge in [0.15, 0.2) is 0 Å². The van der Waals surface area contributed by atoms with E-state index in [-0.39, 0.29) is 17.4 Å². The summed E-state index contributed by atoms with van der Waals surface area (Å²) >= 11 is 1.92. The molecule has 0 aromatic carbocycles. The van der Waals surface area contributed by atoms with Crippen molar-refractivity contribution >= 4 is 23.6 Å². The normalized spacial score (nSPS) is 27.7. The average molecular weight is 287 g/mol. The van der Waals surface area contributed by atoms with Crippen molar-refractivity contribution in [1.29, 1.82) is 0 Å². The molecule has 0 aliphatic carbocycles. The van der Waals surface area contributed by atoms with E-state index in [1.807, 2.05) is 11.8 Å². The summed E-state index contributed by atoms with van der Waals surface area (Å²) in [5, 5.41) is 11.9. The van der Waals surface area contributed by atoms with Crippen molar-refractivity contribution in [1.82, 2.24) is 5.32 Å². The lowest BCUT2D eigenvalue weighted by atomic mass is 9.78. The van der Waals surface area contributed by atoms with Crippen molar-refractivity contribution in [2.75, 3.05) is 18.1 Å². The zero-order valence-electron chi connectivity index (χ0n) is 11.2. The monoisotopic (exact) mass is 287 g/mol. The molecule has 2 unspecified atom stereocenters. The van der Waals surface area contributed by atoms with Gasteiger partial charge in [-0.05, 0) is 43.1 Å². The highest BCUT2D eigenvalue weighted by atomic mass is 32.2. The largest absolute Gasteiger partial charge is 0.480 e. The van der Waals surface area contributed by atoms with Crippen molar-refractivity contribution in [2.24, 2.45) is 5.92 Å². The second-order valence-corrected chi connectivity index (χ2v) is 6.64. The number of hydrogen-bond acceptors (Lipinski definition) is 4. The number of hydrogen-bond donors (Lipinski definition) is 2. The molecule has 2 saturated heterocycles. The van der Waals surface area contributed by atoms with Gasteiger partial charge in [0.1, 0.15) is 6.04 Å². The molecule has 2 N–H and O–H groups in total. The van der Waals surface area contributed by atoms with E-state index < -0.39 is 12.0 Å². The molecule has 2 rings (SSSR count). The van der Waals surface area contributed by atoms with Crippen LogP contribution in [0.25, 0.3) is 0 Å². The van der Waals surface area contributed by atoms with Crippen LogP contribution >= 0.6 is 11.8 Å². The molecule has 2 aliphatic rings. The molecule has 6 heteroatoms. The number of aliphatic carboxylic acids is 1. The molecule has 1 spiro atoms. The number of amides is 1. The minimum Gasteiger partial charge on any atom is -0.480 e. The molecule has 2 fully saturated rings. The van der Waals surface area contributed by atoms with E-state index in [2.05, 4.69) is 5.32 Å². The first-order valence-corrected chi connectivity index (χ1v) is 7.89. The summed E-state index contributed by atoms with van der Waals surface area (Å²) in [6.45, 7) is 1.96. The Kier molecular flexibility index (Phi) is 4.73. The lowest BCUT2D eigenvalue weighted by Gasteiger charge is -2.44. The van der Waals surface area contributed by atoms with Crippen molar-refractivity contribution in [3.05, 3.63) is 0 Å². The number of carboxylic acids is 1. The van der Waals surface area contributed by atoms with Crippen LogP contribution in [0.4, 0.5) is 0 Å². The molecular formula is C13H21NO4S. The predicted molar refractivity (Wildman–Crippen MR) is 73.2 cm³/mol. The number of carbonyl (C=O) groups excluding carboxylic acids is 1. The molecular weight excluding hydrogens is 266 g/mol. The van der Waals surface area contributed by atoms with Gasteiger partial charge in [-0.3, -0.25) is 4.79 Å². The van der Waals surface area contributed by atoms with Gasteiger partial charge in [0, 0.05) is 13.5 Å². The molecule has 0 aromatic rings. The van der Waals surface area contributed by atoms with Crippen LogP contribution in [0, 0.1) is 5.92 Å². The fourth-order valence-electron chi connectivity index (χ4n) is 3.04. The van der Waals surface area contributed by atoms with Crippen LogP contribution in [0.3, 0.4) is 0 Å². The Labute approximate surface area is 117 Å². The second kappa shape index (κ2) is 6.13. The molecule has 108 valence electrons. The van der Waals surface area contributed by atoms with Crippen LogP contribution in [-0.2, 0) is 14.3 Å². The van der Waals surface area contributed by atoms with Gasteiger partial charge in [0.2, 0.25) is 5.91 Å². The Balaban J connectivity index is 2.05. The number of rotatable bonds is 3. The van der Waals surface area contributed by atoms with Crippen LogP contribution in [0.15, 0.2) is 0 Å². The maximum absolute atomic E-state index is 11.3. The number of ether oxygens (including phenoxy) is 1. The Bertz CT molecular complexity index is 349. The SMILES string of the molecule is CC(=O)NC(C(=O)O)C1CCOC2(CCSCC2)C1. The summed E-state index contributed by atoms with van der Waals surface area (Å²) in [5.74, 6) is 0.891. The minimum absolute atomic E-state index is 0.0294. The third kappa shape index (κ3) is 3.63. The zero-order chi connectivity index (χ0) is 13.9. The highest BCUT2D eigenvalue weighted by Gasteiger charge is 2.43. The topological polar surface area (TPSA) is 75.6 Å². The summed E-state index contributed by atoms with van der Waals surface area (Å²) < 4.78 is 5.95. The van der Waals surface area contributed by atoms with Crippen molar-refractivity contribution < 1.29 is 19.4 Å². The van der Waals surface area contributed by atoms with E-state index in [1.54, 1.807) is 0 Å². The summed E-state index contributed by atoms with van der Waals surface area (Å²) in [4.78, 5) is 22.5. The molecule has 5 nitrogen and oxygen atoms in total. The number of carbonyl (C=O) groups is 2. The molecule has 1 amide bonds. The first-order chi connectivity index (χ1) is 9.02. The van der Waals surface area contributed by atoms with Crippen molar-refractivity contribution in [3.63, 3.8) is 0 Å². The molecule has 0 saturated carbocycles. The van der Waals surface area contributed by atoms with Gasteiger partial charge in [-0.2, -0.15) is 11.8 Å². The van der Waals surface area contributed by atoms with Crippen LogP contribution in [0.5, 0.6) is 0 Å². The molecule has 0 bridgehead atoms. The maximum Gasteiger partial charge on any atom is 0.326 e. The van der Waals surface area contributed by atoms with Gasteiger partial charge in [-0.15, -0.1) is 0 Å². The van der Waals surface area contributed by atoms with Crippen LogP contribution in [0.1, 0.15) is 32.6 Å². The number of nitrogens with one attached hydrogen (secondary N) is 1. The molecule has 0 radical (unpaired) electrons. The summed E-state index contributed by atoms with van der Waals surface area (Å²) in [7, 11) is 0. The quantitative estimate of drug-likeness (QED) is 0.817. The van der Waals surface area contributed by atoms with Crippen molar-refractivity contribution in [3.8, 4) is 0 Å². The van der Waals surface area contributed by atoms with Gasteiger partial charge < -0.3 is 15.2 Å². The lowest BCUT2D eigenvalue weighted by Crippen LogP contribution is -2.52. The summed E-state index contributed by atoms with van der Waals surface area (Å²) in [5.41, 5.74) is -0.152. The van der Waals surface area contributed by atoms with Crippen molar-refractivity contribution in [2.45, 2.75) is 44.2 Å². The second-order valence-electron chi connectivity index (χ2n) is 5.41. The average Bonchev–Trinajstić information content (AvgIpc) is 2.36. The third-order valence-electron chi connectivity index (χ3n) is 4.03. The minimum atomic E-state index is -0.942. The van der Waals surface area contributed by atoms with Crippen LogP contribution < -0.4 is 5.32 Å². The highest BCUT2D eigenvalue weighted by molar-refractivity contribution is 7.99. The maximum atomic E-state index is 11.3. The standard InChI is InChI=1S/C13H21NO4S/c1-9(15)14-11(12(16)17)10-2-5-18-13(8-10)3-6-19-7-4-13/h10-11H,2-8H2,1H3,(H,14,15)(H,16,17). The third-order valence-corrected chi connectivity index (χ3v) is 5.02. The first-order valence-electron chi connectivity index (χ1n) is 6.74. The van der Waals surface area contributed by atoms with Crippen LogP contribution in [0.2, 0.25) is 0 Å². The Morgan fingerprint density at radius 3 is 2.68 bits per heavy atom. The van der Waals surface area contributed by atoms with E-state index in [1.165, 1.54) is 6.92 Å². The number of thioether (sulfide) groups is 1. The Morgan fingerprint density at radius 2 is 2.11 bits per heavy atom. The molecule has 2 aliphatic heterocycles. The smallest absolute Gasteiger partial charge is 0.326 e. The Morgan fingerprint density at radius 1 is 1.42 bits per heavy atom. The van der Waals surface area contributed by atoms with Gasteiger partial charge in [-0.1, -0.05) is 0 Å². The van der Waals surface area contributed by atoms with Crippen LogP contribution in [-0.4, -0.2) is 46.7 Å². The predicted octanol–water partition coefficient (Wildman–Crippen LogP) is 1.27. The number of carboxylic acid groups (broad SMARTS) is 1. The van der Waals surface area contributed by atoms with E-state index in [0.717, 1.165) is 30.8 Å². The van der Waals surface area contributed by atoms with Gasteiger partial charge >= 0.3 is 5.97 Å². The van der Waals surface area contributed by atoms with E-state index in [9.17, 15) is 14.7 Å². The van der Waals surface area contributed by atoms with E-state index in [0.29, 0.717) is 13.0 Å². The summed E-state index contributed by atoms with van der Waals surface area (Å²) in [6.07, 6.45) is 3.41. The lowest BCUT2D eigenvalue weighted by molar-refractivity contribution is -0.149. The van der Waals surface area contributed by atoms with Gasteiger partial charge in [0.25, 0.3) is 0 Å². The fourth-order valence-corrected chi connectivity index (χ4v) is 4.28. The van der Waals surface area contributed by atoms with E-state index in [4.69, 9.17) is 4.74 Å². The highest BCUT2D eigenvalue weighted by Crippen LogP contribution is 2.40. The molecule has 19 heavy (non-hydrogen) atoms. The fraction of sp³-hybridized carbons (Fsp3) is 0.846. The molecule has 2 atom stereocenters. The van der Waals surface area contributed by atoms with Gasteiger partial charge in [-0.25, -0.2) is 4.79 Å². The molecule has 2 heterocycles. The summed E-state index contributed by atoms with van der Waals surface area (Å²) in [6, 6.07) is -0.784.